The van der Waals surface area contributed by atoms with Crippen molar-refractivity contribution in [3.05, 3.63) is 265 Å². The molecule has 0 saturated carbocycles. The zero-order valence-electron chi connectivity index (χ0n) is 34.5. The summed E-state index contributed by atoms with van der Waals surface area (Å²) in [5, 5.41) is 4.78. The number of rotatable bonds is 7. The summed E-state index contributed by atoms with van der Waals surface area (Å²) in [6.45, 7) is 0. The molecule has 1 aromatic heterocycles. The molecule has 0 bridgehead atoms. The lowest BCUT2D eigenvalue weighted by Crippen LogP contribution is -2.28. The maximum Gasteiger partial charge on any atom is 0.160 e. The second kappa shape index (κ2) is 15.1. The van der Waals surface area contributed by atoms with Crippen molar-refractivity contribution in [3.8, 4) is 67.3 Å². The van der Waals surface area contributed by atoms with Crippen molar-refractivity contribution in [3.63, 3.8) is 0 Å². The van der Waals surface area contributed by atoms with E-state index in [1.165, 1.54) is 66.2 Å². The van der Waals surface area contributed by atoms with Gasteiger partial charge in [-0.25, -0.2) is 9.97 Å². The predicted octanol–water partition coefficient (Wildman–Crippen LogP) is 15.5. The lowest BCUT2D eigenvalue weighted by molar-refractivity contribution is 0.768. The second-order valence-corrected chi connectivity index (χ2v) is 16.5. The first-order valence-corrected chi connectivity index (χ1v) is 21.6. The maximum absolute atomic E-state index is 5.30. The highest BCUT2D eigenvalue weighted by molar-refractivity contribution is 6.05. The fourth-order valence-electron chi connectivity index (χ4n) is 10.1. The Labute approximate surface area is 367 Å². The van der Waals surface area contributed by atoms with Crippen molar-refractivity contribution in [1.82, 2.24) is 9.97 Å². The monoisotopic (exact) mass is 800 g/mol. The van der Waals surface area contributed by atoms with Crippen LogP contribution in [0.25, 0.3) is 88.8 Å². The zero-order valence-corrected chi connectivity index (χ0v) is 34.5. The molecule has 0 spiro atoms. The molecule has 0 unspecified atom stereocenters. The van der Waals surface area contributed by atoms with Gasteiger partial charge in [0.1, 0.15) is 0 Å². The molecule has 10 aromatic carbocycles. The Kier molecular flexibility index (Phi) is 8.76. The van der Waals surface area contributed by atoms with Crippen LogP contribution in [-0.2, 0) is 5.41 Å². The normalized spacial score (nSPS) is 12.6. The van der Waals surface area contributed by atoms with Crippen LogP contribution in [-0.4, -0.2) is 9.97 Å². The first-order chi connectivity index (χ1) is 31.2. The van der Waals surface area contributed by atoms with Gasteiger partial charge in [-0.3, -0.25) is 0 Å². The number of nitrogens with zero attached hydrogens (tertiary/aromatic N) is 2. The maximum atomic E-state index is 5.30. The standard InChI is InChI=1S/C61H40N2/c1-4-18-42(19-5-1)60-62-58(47-22-16-21-44(38-47)45-32-31-41-17-10-11-20-43(41)37-45)40-59(63-60)54-35-34-50(51-27-12-13-28-52(51)54)46-33-36-57-55(39-46)53-29-14-15-30-56(53)61(57,48-23-6-2-7-24-48)49-25-8-3-9-26-49/h1-40H. The Morgan fingerprint density at radius 2 is 0.825 bits per heavy atom. The van der Waals surface area contributed by atoms with E-state index < -0.39 is 5.41 Å². The minimum absolute atomic E-state index is 0.435. The van der Waals surface area contributed by atoms with E-state index in [2.05, 4.69) is 224 Å². The van der Waals surface area contributed by atoms with E-state index in [-0.39, 0.29) is 0 Å². The molecule has 0 saturated heterocycles. The Hall–Kier alpha value is -8.20. The van der Waals surface area contributed by atoms with Crippen LogP contribution in [0.3, 0.4) is 0 Å². The fraction of sp³-hybridized carbons (Fsp3) is 0.0164. The molecular weight excluding hydrogens is 761 g/mol. The molecule has 0 aliphatic heterocycles. The molecule has 1 aliphatic carbocycles. The van der Waals surface area contributed by atoms with Gasteiger partial charge in [-0.05, 0) is 101 Å². The van der Waals surface area contributed by atoms with E-state index in [4.69, 9.17) is 9.97 Å². The van der Waals surface area contributed by atoms with Crippen LogP contribution in [0.4, 0.5) is 0 Å². The SMILES string of the molecule is c1ccc(-c2nc(-c3cccc(-c4ccc5ccccc5c4)c3)cc(-c3ccc(-c4ccc5c(c4)-c4ccccc4C5(c4ccccc4)c4ccccc4)c4ccccc34)n2)cc1. The molecule has 0 amide bonds. The molecule has 2 heteroatoms. The Morgan fingerprint density at radius 3 is 1.60 bits per heavy atom. The summed E-state index contributed by atoms with van der Waals surface area (Å²) in [5.41, 5.74) is 16.8. The first kappa shape index (κ1) is 36.6. The van der Waals surface area contributed by atoms with Gasteiger partial charge in [-0.1, -0.05) is 218 Å². The van der Waals surface area contributed by atoms with Gasteiger partial charge in [0.15, 0.2) is 5.82 Å². The van der Waals surface area contributed by atoms with Crippen LogP contribution in [0, 0.1) is 0 Å². The van der Waals surface area contributed by atoms with Crippen LogP contribution in [0.1, 0.15) is 22.3 Å². The van der Waals surface area contributed by atoms with E-state index >= 15 is 0 Å². The van der Waals surface area contributed by atoms with Gasteiger partial charge in [-0.2, -0.15) is 0 Å². The number of hydrogen-bond acceptors (Lipinski definition) is 2. The van der Waals surface area contributed by atoms with E-state index in [0.29, 0.717) is 5.82 Å². The summed E-state index contributed by atoms with van der Waals surface area (Å²) in [6.07, 6.45) is 0. The van der Waals surface area contributed by atoms with Gasteiger partial charge in [0, 0.05) is 16.7 Å². The molecule has 0 fully saturated rings. The van der Waals surface area contributed by atoms with Crippen LogP contribution in [0.5, 0.6) is 0 Å². The van der Waals surface area contributed by atoms with Gasteiger partial charge in [-0.15, -0.1) is 0 Å². The van der Waals surface area contributed by atoms with Crippen LogP contribution < -0.4 is 0 Å². The summed E-state index contributed by atoms with van der Waals surface area (Å²) in [6, 6.07) is 87.8. The molecule has 1 heterocycles. The average Bonchev–Trinajstić information content (AvgIpc) is 3.67. The number of aromatic nitrogens is 2. The average molecular weight is 801 g/mol. The minimum atomic E-state index is -0.435. The van der Waals surface area contributed by atoms with Crippen molar-refractivity contribution in [2.45, 2.75) is 5.41 Å². The Balaban J connectivity index is 1.01. The first-order valence-electron chi connectivity index (χ1n) is 21.6. The van der Waals surface area contributed by atoms with Gasteiger partial charge in [0.2, 0.25) is 0 Å². The van der Waals surface area contributed by atoms with Crippen molar-refractivity contribution in [2.24, 2.45) is 0 Å². The zero-order chi connectivity index (χ0) is 41.7. The molecule has 0 radical (unpaired) electrons. The fourth-order valence-corrected chi connectivity index (χ4v) is 10.1. The van der Waals surface area contributed by atoms with Crippen molar-refractivity contribution >= 4 is 21.5 Å². The van der Waals surface area contributed by atoms with Gasteiger partial charge >= 0.3 is 0 Å². The highest BCUT2D eigenvalue weighted by Crippen LogP contribution is 2.57. The smallest absolute Gasteiger partial charge is 0.160 e. The molecule has 11 aromatic rings. The van der Waals surface area contributed by atoms with Crippen molar-refractivity contribution in [2.75, 3.05) is 0 Å². The lowest BCUT2D eigenvalue weighted by atomic mass is 9.67. The highest BCUT2D eigenvalue weighted by Gasteiger charge is 2.46. The van der Waals surface area contributed by atoms with E-state index in [1.807, 2.05) is 18.2 Å². The molecule has 63 heavy (non-hydrogen) atoms. The summed E-state index contributed by atoms with van der Waals surface area (Å²) < 4.78 is 0. The number of hydrogen-bond donors (Lipinski definition) is 0. The highest BCUT2D eigenvalue weighted by atomic mass is 14.9. The number of benzene rings is 10. The molecule has 2 nitrogen and oxygen atoms in total. The van der Waals surface area contributed by atoms with E-state index in [9.17, 15) is 0 Å². The molecule has 12 rings (SSSR count). The lowest BCUT2D eigenvalue weighted by Gasteiger charge is -2.33. The largest absolute Gasteiger partial charge is 0.228 e. The number of fused-ring (bicyclic) bond motifs is 5. The summed E-state index contributed by atoms with van der Waals surface area (Å²) in [4.78, 5) is 10.5. The second-order valence-electron chi connectivity index (χ2n) is 16.5. The third-order valence-electron chi connectivity index (χ3n) is 13.0. The molecule has 0 atom stereocenters. The van der Waals surface area contributed by atoms with Crippen molar-refractivity contribution < 1.29 is 0 Å². The third kappa shape index (κ3) is 6.10. The van der Waals surface area contributed by atoms with Crippen LogP contribution in [0.15, 0.2) is 243 Å². The topological polar surface area (TPSA) is 25.8 Å². The van der Waals surface area contributed by atoms with Gasteiger partial charge in [0.05, 0.1) is 16.8 Å². The minimum Gasteiger partial charge on any atom is -0.228 e. The Morgan fingerprint density at radius 1 is 0.270 bits per heavy atom. The van der Waals surface area contributed by atoms with Crippen molar-refractivity contribution in [1.29, 1.82) is 0 Å². The molecule has 294 valence electrons. The van der Waals surface area contributed by atoms with Gasteiger partial charge < -0.3 is 0 Å². The molecule has 1 aliphatic rings. The van der Waals surface area contributed by atoms with Crippen LogP contribution in [0.2, 0.25) is 0 Å². The van der Waals surface area contributed by atoms with E-state index in [1.54, 1.807) is 0 Å². The molecular formula is C61H40N2. The van der Waals surface area contributed by atoms with Crippen LogP contribution >= 0.6 is 0 Å². The Bertz CT molecular complexity index is 3460. The summed E-state index contributed by atoms with van der Waals surface area (Å²) in [7, 11) is 0. The van der Waals surface area contributed by atoms with E-state index in [0.717, 1.165) is 39.0 Å². The summed E-state index contributed by atoms with van der Waals surface area (Å²) >= 11 is 0. The predicted molar refractivity (Wildman–Crippen MR) is 262 cm³/mol. The molecule has 0 N–H and O–H groups in total. The van der Waals surface area contributed by atoms with Gasteiger partial charge in [0.25, 0.3) is 0 Å². The summed E-state index contributed by atoms with van der Waals surface area (Å²) in [5.74, 6) is 0.699. The quantitative estimate of drug-likeness (QED) is 0.160. The third-order valence-corrected chi connectivity index (χ3v) is 13.0.